The number of Topliss-reactive ketones (excluding diaryl/α,β-unsaturated/α-hetero) is 1. The second-order valence-corrected chi connectivity index (χ2v) is 11.4. The van der Waals surface area contributed by atoms with E-state index < -0.39 is 0 Å². The van der Waals surface area contributed by atoms with E-state index in [0.29, 0.717) is 6.42 Å². The molecule has 1 N–H and O–H groups in total. The summed E-state index contributed by atoms with van der Waals surface area (Å²) in [6.45, 7) is 11.4. The maximum absolute atomic E-state index is 11.5. The van der Waals surface area contributed by atoms with Crippen LogP contribution < -0.4 is 14.8 Å². The fourth-order valence-electron chi connectivity index (χ4n) is 5.61. The summed E-state index contributed by atoms with van der Waals surface area (Å²) in [5.41, 5.74) is 2.00. The quantitative estimate of drug-likeness (QED) is 0.185. The van der Waals surface area contributed by atoms with Gasteiger partial charge in [-0.05, 0) is 120 Å². The van der Waals surface area contributed by atoms with Crippen molar-refractivity contribution in [2.75, 3.05) is 32.8 Å². The molecule has 4 rings (SSSR count). The molecule has 41 heavy (non-hydrogen) atoms. The van der Waals surface area contributed by atoms with Gasteiger partial charge in [-0.3, -0.25) is 4.79 Å². The van der Waals surface area contributed by atoms with E-state index in [9.17, 15) is 4.79 Å². The molecule has 0 radical (unpaired) electrons. The summed E-state index contributed by atoms with van der Waals surface area (Å²) < 4.78 is 11.5. The minimum Gasteiger partial charge on any atom is -0.494 e. The summed E-state index contributed by atoms with van der Waals surface area (Å²) in [6.07, 6.45) is 17.6. The molecule has 2 fully saturated rings. The van der Waals surface area contributed by atoms with Gasteiger partial charge in [-0.25, -0.2) is 0 Å². The summed E-state index contributed by atoms with van der Waals surface area (Å²) in [4.78, 5) is 14.1. The number of benzene rings is 2. The van der Waals surface area contributed by atoms with Crippen LogP contribution in [0.4, 0.5) is 0 Å². The van der Waals surface area contributed by atoms with Crippen molar-refractivity contribution in [3.05, 3.63) is 65.7 Å². The van der Waals surface area contributed by atoms with Gasteiger partial charge in [0, 0.05) is 30.6 Å². The van der Waals surface area contributed by atoms with Crippen LogP contribution in [0.1, 0.15) is 107 Å². The van der Waals surface area contributed by atoms with Gasteiger partial charge in [0.2, 0.25) is 0 Å². The lowest BCUT2D eigenvalue weighted by Crippen LogP contribution is -2.38. The zero-order valence-corrected chi connectivity index (χ0v) is 25.9. The SMILES string of the molecule is CC=Cc1ccc(OCCCCC2CCCCN2)cc1.CCC(=O)c1ccc(OCCCN2CCCCC2C)cc1. The second-order valence-electron chi connectivity index (χ2n) is 11.4. The maximum Gasteiger partial charge on any atom is 0.162 e. The highest BCUT2D eigenvalue weighted by Crippen LogP contribution is 2.18. The van der Waals surface area contributed by atoms with Crippen LogP contribution in [0, 0.1) is 0 Å². The monoisotopic (exact) mass is 562 g/mol. The summed E-state index contributed by atoms with van der Waals surface area (Å²) in [7, 11) is 0. The summed E-state index contributed by atoms with van der Waals surface area (Å²) >= 11 is 0. The normalized spacial score (nSPS) is 19.4. The number of ether oxygens (including phenoxy) is 2. The van der Waals surface area contributed by atoms with Crippen molar-refractivity contribution in [1.29, 1.82) is 0 Å². The molecule has 0 saturated carbocycles. The molecule has 0 bridgehead atoms. The number of allylic oxidation sites excluding steroid dienone is 1. The fraction of sp³-hybridized carbons (Fsp3) is 0.583. The molecule has 2 atom stereocenters. The van der Waals surface area contributed by atoms with Crippen LogP contribution in [0.3, 0.4) is 0 Å². The predicted molar refractivity (Wildman–Crippen MR) is 172 cm³/mol. The van der Waals surface area contributed by atoms with Gasteiger partial charge in [-0.15, -0.1) is 0 Å². The Morgan fingerprint density at radius 1 is 0.902 bits per heavy atom. The molecule has 2 aliphatic rings. The van der Waals surface area contributed by atoms with Crippen LogP contribution in [0.5, 0.6) is 11.5 Å². The van der Waals surface area contributed by atoms with Crippen LogP contribution >= 0.6 is 0 Å². The summed E-state index contributed by atoms with van der Waals surface area (Å²) in [5.74, 6) is 2.02. The minimum absolute atomic E-state index is 0.181. The highest BCUT2D eigenvalue weighted by atomic mass is 16.5. The van der Waals surface area contributed by atoms with E-state index >= 15 is 0 Å². The smallest absolute Gasteiger partial charge is 0.162 e. The Bertz CT molecular complexity index is 996. The van der Waals surface area contributed by atoms with Gasteiger partial charge in [0.1, 0.15) is 11.5 Å². The first-order valence-electron chi connectivity index (χ1n) is 16.2. The van der Waals surface area contributed by atoms with Gasteiger partial charge in [0.15, 0.2) is 5.78 Å². The lowest BCUT2D eigenvalue weighted by Gasteiger charge is -2.33. The van der Waals surface area contributed by atoms with Crippen LogP contribution in [-0.2, 0) is 0 Å². The molecule has 0 amide bonds. The molecular formula is C36H54N2O3. The standard InChI is InChI=1S/C18H27NO2.C18H27NO/c1-3-18(20)16-8-10-17(11-9-16)21-14-6-13-19-12-5-4-7-15(19)2;1-2-7-16-10-12-18(13-11-16)20-15-6-4-9-17-8-3-5-14-19-17/h8-11,15H,3-7,12-14H2,1-2H3;2,7,10-13,17,19H,3-6,8-9,14-15H2,1H3. The van der Waals surface area contributed by atoms with Crippen LogP contribution in [0.2, 0.25) is 0 Å². The number of nitrogens with one attached hydrogen (secondary N) is 1. The number of nitrogens with zero attached hydrogens (tertiary/aromatic N) is 1. The topological polar surface area (TPSA) is 50.8 Å². The summed E-state index contributed by atoms with van der Waals surface area (Å²) in [6, 6.07) is 17.3. The van der Waals surface area contributed by atoms with E-state index in [0.717, 1.165) is 61.7 Å². The molecule has 2 unspecified atom stereocenters. The van der Waals surface area contributed by atoms with Crippen LogP contribution in [-0.4, -0.2) is 55.6 Å². The molecule has 0 aliphatic carbocycles. The number of hydrogen-bond donors (Lipinski definition) is 1. The van der Waals surface area contributed by atoms with Crippen molar-refractivity contribution in [2.45, 2.75) is 103 Å². The molecule has 2 aromatic rings. The van der Waals surface area contributed by atoms with E-state index in [1.807, 2.05) is 38.1 Å². The molecule has 2 aliphatic heterocycles. The van der Waals surface area contributed by atoms with E-state index in [2.05, 4.69) is 53.6 Å². The third-order valence-electron chi connectivity index (χ3n) is 8.16. The third-order valence-corrected chi connectivity index (χ3v) is 8.16. The van der Waals surface area contributed by atoms with Crippen molar-refractivity contribution in [1.82, 2.24) is 10.2 Å². The number of unbranched alkanes of at least 4 members (excludes halogenated alkanes) is 1. The number of piperidine rings is 2. The number of hydrogen-bond acceptors (Lipinski definition) is 5. The van der Waals surface area contributed by atoms with Gasteiger partial charge in [-0.1, -0.05) is 44.1 Å². The molecule has 2 saturated heterocycles. The first kappa shape index (κ1) is 32.9. The zero-order valence-electron chi connectivity index (χ0n) is 25.9. The van der Waals surface area contributed by atoms with Crippen molar-refractivity contribution in [2.24, 2.45) is 0 Å². The Morgan fingerprint density at radius 2 is 1.59 bits per heavy atom. The van der Waals surface area contributed by atoms with Gasteiger partial charge in [-0.2, -0.15) is 0 Å². The Balaban J connectivity index is 0.000000226. The molecular weight excluding hydrogens is 508 g/mol. The first-order chi connectivity index (χ1) is 20.1. The molecule has 2 heterocycles. The van der Waals surface area contributed by atoms with Crippen molar-refractivity contribution < 1.29 is 14.3 Å². The average molecular weight is 563 g/mol. The highest BCUT2D eigenvalue weighted by Gasteiger charge is 2.17. The number of rotatable bonds is 14. The van der Waals surface area contributed by atoms with Gasteiger partial charge < -0.3 is 19.7 Å². The lowest BCUT2D eigenvalue weighted by molar-refractivity contribution is 0.0988. The molecule has 0 spiro atoms. The second kappa shape index (κ2) is 19.5. The Hall–Kier alpha value is -2.63. The molecule has 5 heteroatoms. The summed E-state index contributed by atoms with van der Waals surface area (Å²) in [5, 5.41) is 3.60. The molecule has 2 aromatic carbocycles. The minimum atomic E-state index is 0.181. The van der Waals surface area contributed by atoms with E-state index in [1.165, 1.54) is 70.0 Å². The van der Waals surface area contributed by atoms with Crippen LogP contribution in [0.15, 0.2) is 54.6 Å². The van der Waals surface area contributed by atoms with Crippen molar-refractivity contribution >= 4 is 11.9 Å². The average Bonchev–Trinajstić information content (AvgIpc) is 3.02. The Kier molecular flexibility index (Phi) is 15.6. The Labute approximate surface area is 249 Å². The largest absolute Gasteiger partial charge is 0.494 e. The van der Waals surface area contributed by atoms with Crippen molar-refractivity contribution in [3.63, 3.8) is 0 Å². The Morgan fingerprint density at radius 3 is 2.22 bits per heavy atom. The van der Waals surface area contributed by atoms with Crippen molar-refractivity contribution in [3.8, 4) is 11.5 Å². The van der Waals surface area contributed by atoms with E-state index in [1.54, 1.807) is 0 Å². The number of likely N-dealkylation sites (tertiary alicyclic amines) is 1. The first-order valence-corrected chi connectivity index (χ1v) is 16.2. The van der Waals surface area contributed by atoms with E-state index in [-0.39, 0.29) is 5.78 Å². The van der Waals surface area contributed by atoms with Gasteiger partial charge in [0.05, 0.1) is 13.2 Å². The third kappa shape index (κ3) is 12.8. The molecule has 5 nitrogen and oxygen atoms in total. The van der Waals surface area contributed by atoms with E-state index in [4.69, 9.17) is 9.47 Å². The maximum atomic E-state index is 11.5. The number of carbonyl (C=O) groups is 1. The number of ketones is 1. The van der Waals surface area contributed by atoms with Gasteiger partial charge in [0.25, 0.3) is 0 Å². The molecule has 0 aromatic heterocycles. The lowest BCUT2D eigenvalue weighted by atomic mass is 10.00. The zero-order chi connectivity index (χ0) is 29.1. The fourth-order valence-corrected chi connectivity index (χ4v) is 5.61. The molecule has 226 valence electrons. The number of carbonyl (C=O) groups excluding carboxylic acids is 1. The van der Waals surface area contributed by atoms with Gasteiger partial charge >= 0.3 is 0 Å². The highest BCUT2D eigenvalue weighted by molar-refractivity contribution is 5.95. The van der Waals surface area contributed by atoms with Crippen LogP contribution in [0.25, 0.3) is 6.08 Å². The predicted octanol–water partition coefficient (Wildman–Crippen LogP) is 8.33.